The van der Waals surface area contributed by atoms with Gasteiger partial charge in [0.25, 0.3) is 0 Å². The number of methoxy groups -OCH3 is 2. The van der Waals surface area contributed by atoms with Gasteiger partial charge in [0.05, 0.1) is 12.2 Å². The van der Waals surface area contributed by atoms with Gasteiger partial charge >= 0.3 is 5.97 Å². The molecule has 0 atom stereocenters. The van der Waals surface area contributed by atoms with E-state index in [-0.39, 0.29) is 0 Å². The number of hydrogen-bond acceptors (Lipinski definition) is 4. The first kappa shape index (κ1) is 18.2. The Hall–Kier alpha value is -2.11. The molecule has 0 radical (unpaired) electrons. The smallest absolute Gasteiger partial charge is 0.336 e. The number of rotatable bonds is 10. The standard InChI is InChI=1S/C19H24O5/c1-22-10-5-9-16-17(24-12-6-11-23-2)13-14-7-3-4-8-15(14)18(16)19(20)21/h3-4,7-8,13H,5-6,9-12H2,1-2H3,(H,20,21). The molecule has 2 aromatic rings. The molecular formula is C19H24O5. The highest BCUT2D eigenvalue weighted by atomic mass is 16.5. The van der Waals surface area contributed by atoms with Gasteiger partial charge in [-0.2, -0.15) is 0 Å². The Kier molecular flexibility index (Phi) is 7.03. The summed E-state index contributed by atoms with van der Waals surface area (Å²) in [4.78, 5) is 11.9. The van der Waals surface area contributed by atoms with E-state index in [9.17, 15) is 9.90 Å². The van der Waals surface area contributed by atoms with Crippen LogP contribution in [0.1, 0.15) is 28.8 Å². The van der Waals surface area contributed by atoms with E-state index in [4.69, 9.17) is 14.2 Å². The Morgan fingerprint density at radius 2 is 1.75 bits per heavy atom. The van der Waals surface area contributed by atoms with Crippen molar-refractivity contribution in [1.29, 1.82) is 0 Å². The molecule has 0 unspecified atom stereocenters. The lowest BCUT2D eigenvalue weighted by molar-refractivity contribution is 0.0697. The van der Waals surface area contributed by atoms with Crippen molar-refractivity contribution in [3.63, 3.8) is 0 Å². The molecule has 0 aliphatic rings. The van der Waals surface area contributed by atoms with Gasteiger partial charge in [-0.3, -0.25) is 0 Å². The minimum absolute atomic E-state index is 0.325. The lowest BCUT2D eigenvalue weighted by Crippen LogP contribution is -2.10. The van der Waals surface area contributed by atoms with Crippen molar-refractivity contribution in [2.75, 3.05) is 34.0 Å². The van der Waals surface area contributed by atoms with Crippen LogP contribution in [0.15, 0.2) is 30.3 Å². The van der Waals surface area contributed by atoms with Crippen LogP contribution < -0.4 is 4.74 Å². The molecule has 1 N–H and O–H groups in total. The molecule has 130 valence electrons. The Morgan fingerprint density at radius 3 is 2.46 bits per heavy atom. The van der Waals surface area contributed by atoms with E-state index in [0.717, 1.165) is 29.2 Å². The fourth-order valence-electron chi connectivity index (χ4n) is 2.76. The first-order chi connectivity index (χ1) is 11.7. The highest BCUT2D eigenvalue weighted by molar-refractivity contribution is 6.06. The van der Waals surface area contributed by atoms with Crippen LogP contribution in [0.2, 0.25) is 0 Å². The minimum Gasteiger partial charge on any atom is -0.493 e. The summed E-state index contributed by atoms with van der Waals surface area (Å²) in [6.07, 6.45) is 2.09. The second kappa shape index (κ2) is 9.25. The minimum atomic E-state index is -0.930. The maximum Gasteiger partial charge on any atom is 0.336 e. The Morgan fingerprint density at radius 1 is 1.04 bits per heavy atom. The molecule has 0 saturated heterocycles. The number of ether oxygens (including phenoxy) is 3. The lowest BCUT2D eigenvalue weighted by Gasteiger charge is -2.16. The predicted octanol–water partition coefficient (Wildman–Crippen LogP) is 3.53. The van der Waals surface area contributed by atoms with Crippen molar-refractivity contribution in [1.82, 2.24) is 0 Å². The van der Waals surface area contributed by atoms with Crippen LogP contribution in [-0.2, 0) is 15.9 Å². The third-order valence-electron chi connectivity index (χ3n) is 3.86. The molecule has 0 amide bonds. The van der Waals surface area contributed by atoms with Crippen molar-refractivity contribution < 1.29 is 24.1 Å². The third-order valence-corrected chi connectivity index (χ3v) is 3.86. The van der Waals surface area contributed by atoms with Gasteiger partial charge in [-0.1, -0.05) is 24.3 Å². The van der Waals surface area contributed by atoms with E-state index in [1.165, 1.54) is 0 Å². The van der Waals surface area contributed by atoms with Crippen molar-refractivity contribution in [3.8, 4) is 5.75 Å². The Bertz CT molecular complexity index is 681. The average Bonchev–Trinajstić information content (AvgIpc) is 2.58. The molecule has 0 bridgehead atoms. The van der Waals surface area contributed by atoms with Crippen molar-refractivity contribution >= 4 is 16.7 Å². The fraction of sp³-hybridized carbons (Fsp3) is 0.421. The van der Waals surface area contributed by atoms with Crippen LogP contribution in [0, 0.1) is 0 Å². The van der Waals surface area contributed by atoms with Gasteiger partial charge in [0, 0.05) is 39.4 Å². The molecule has 2 aromatic carbocycles. The van der Waals surface area contributed by atoms with Gasteiger partial charge in [-0.15, -0.1) is 0 Å². The quantitative estimate of drug-likeness (QED) is 0.674. The predicted molar refractivity (Wildman–Crippen MR) is 93.1 cm³/mol. The maximum absolute atomic E-state index is 11.9. The summed E-state index contributed by atoms with van der Waals surface area (Å²) < 4.78 is 16.0. The summed E-state index contributed by atoms with van der Waals surface area (Å²) in [6, 6.07) is 9.42. The molecule has 5 heteroatoms. The largest absolute Gasteiger partial charge is 0.493 e. The summed E-state index contributed by atoms with van der Waals surface area (Å²) in [6.45, 7) is 1.68. The van der Waals surface area contributed by atoms with Crippen LogP contribution in [0.4, 0.5) is 0 Å². The molecule has 0 aromatic heterocycles. The number of carbonyl (C=O) groups is 1. The molecule has 0 saturated carbocycles. The van der Waals surface area contributed by atoms with Gasteiger partial charge in [0.1, 0.15) is 5.75 Å². The van der Waals surface area contributed by atoms with Crippen LogP contribution in [0.5, 0.6) is 5.75 Å². The maximum atomic E-state index is 11.9. The summed E-state index contributed by atoms with van der Waals surface area (Å²) in [5.41, 5.74) is 1.06. The second-order valence-electron chi connectivity index (χ2n) is 5.55. The molecule has 24 heavy (non-hydrogen) atoms. The SMILES string of the molecule is COCCCOc1cc2ccccc2c(C(=O)O)c1CCCOC. The topological polar surface area (TPSA) is 65.0 Å². The van der Waals surface area contributed by atoms with E-state index >= 15 is 0 Å². The van der Waals surface area contributed by atoms with Crippen LogP contribution >= 0.6 is 0 Å². The molecular weight excluding hydrogens is 308 g/mol. The van der Waals surface area contributed by atoms with Gasteiger partial charge < -0.3 is 19.3 Å². The van der Waals surface area contributed by atoms with Crippen molar-refractivity contribution in [2.45, 2.75) is 19.3 Å². The van der Waals surface area contributed by atoms with E-state index in [1.807, 2.05) is 30.3 Å². The molecule has 0 aliphatic carbocycles. The molecule has 0 fully saturated rings. The zero-order chi connectivity index (χ0) is 17.4. The van der Waals surface area contributed by atoms with Gasteiger partial charge in [0.2, 0.25) is 0 Å². The van der Waals surface area contributed by atoms with Gasteiger partial charge in [-0.05, 0) is 29.7 Å². The highest BCUT2D eigenvalue weighted by Crippen LogP contribution is 2.32. The van der Waals surface area contributed by atoms with Gasteiger partial charge in [0.15, 0.2) is 0 Å². The fourth-order valence-corrected chi connectivity index (χ4v) is 2.76. The first-order valence-corrected chi connectivity index (χ1v) is 8.07. The Balaban J connectivity index is 2.43. The van der Waals surface area contributed by atoms with Crippen LogP contribution in [0.25, 0.3) is 10.8 Å². The number of carboxylic acids is 1. The normalized spacial score (nSPS) is 10.9. The first-order valence-electron chi connectivity index (χ1n) is 8.07. The number of hydrogen-bond donors (Lipinski definition) is 1. The average molecular weight is 332 g/mol. The van der Waals surface area contributed by atoms with Crippen LogP contribution in [0.3, 0.4) is 0 Å². The van der Waals surface area contributed by atoms with E-state index in [0.29, 0.717) is 37.6 Å². The Labute approximate surface area is 142 Å². The second-order valence-corrected chi connectivity index (χ2v) is 5.55. The highest BCUT2D eigenvalue weighted by Gasteiger charge is 2.19. The number of carboxylic acid groups (broad SMARTS) is 1. The summed E-state index contributed by atoms with van der Waals surface area (Å²) in [5.74, 6) is -0.292. The molecule has 5 nitrogen and oxygen atoms in total. The number of benzene rings is 2. The van der Waals surface area contributed by atoms with Crippen LogP contribution in [-0.4, -0.2) is 45.1 Å². The summed E-state index contributed by atoms with van der Waals surface area (Å²) >= 11 is 0. The monoisotopic (exact) mass is 332 g/mol. The number of fused-ring (bicyclic) bond motifs is 1. The number of aromatic carboxylic acids is 1. The lowest BCUT2D eigenvalue weighted by atomic mass is 9.95. The van der Waals surface area contributed by atoms with E-state index in [2.05, 4.69) is 0 Å². The van der Waals surface area contributed by atoms with Crippen molar-refractivity contribution in [2.24, 2.45) is 0 Å². The summed E-state index contributed by atoms with van der Waals surface area (Å²) in [5, 5.41) is 11.4. The zero-order valence-electron chi connectivity index (χ0n) is 14.2. The van der Waals surface area contributed by atoms with E-state index in [1.54, 1.807) is 14.2 Å². The molecule has 0 aliphatic heterocycles. The van der Waals surface area contributed by atoms with Gasteiger partial charge in [-0.25, -0.2) is 4.79 Å². The molecule has 0 spiro atoms. The van der Waals surface area contributed by atoms with E-state index < -0.39 is 5.97 Å². The van der Waals surface area contributed by atoms with Crippen molar-refractivity contribution in [3.05, 3.63) is 41.5 Å². The molecule has 0 heterocycles. The third kappa shape index (κ3) is 4.46. The summed E-state index contributed by atoms with van der Waals surface area (Å²) in [7, 11) is 3.29. The molecule has 2 rings (SSSR count). The zero-order valence-corrected chi connectivity index (χ0v) is 14.2.